The van der Waals surface area contributed by atoms with Crippen LogP contribution >= 0.6 is 15.9 Å². The number of carbonyl (C=O) groups excluding carboxylic acids is 1. The highest BCUT2D eigenvalue weighted by Gasteiger charge is 2.12. The van der Waals surface area contributed by atoms with Crippen molar-refractivity contribution in [3.63, 3.8) is 0 Å². The highest BCUT2D eigenvalue weighted by atomic mass is 79.9. The number of hydrogen-bond donors (Lipinski definition) is 1. The Morgan fingerprint density at radius 2 is 2.22 bits per heavy atom. The van der Waals surface area contributed by atoms with Crippen molar-refractivity contribution in [1.29, 1.82) is 0 Å². The summed E-state index contributed by atoms with van der Waals surface area (Å²) in [7, 11) is 3.36. The van der Waals surface area contributed by atoms with Crippen molar-refractivity contribution in [2.75, 3.05) is 20.8 Å². The first-order valence-corrected chi connectivity index (χ1v) is 6.55. The van der Waals surface area contributed by atoms with Crippen LogP contribution in [0, 0.1) is 0 Å². The quantitative estimate of drug-likeness (QED) is 0.875. The standard InChI is InChI=1S/C13H18BrNO3/c1-15(13(17)4-3-7-16)9-10-8-11(14)5-6-12(10)18-2/h5-6,8,16H,3-4,7,9H2,1-2H3. The molecule has 1 aromatic rings. The van der Waals surface area contributed by atoms with Crippen LogP contribution in [0.3, 0.4) is 0 Å². The maximum absolute atomic E-state index is 11.8. The molecule has 0 saturated heterocycles. The zero-order valence-electron chi connectivity index (χ0n) is 10.6. The van der Waals surface area contributed by atoms with Gasteiger partial charge in [0.2, 0.25) is 5.91 Å². The van der Waals surface area contributed by atoms with Gasteiger partial charge in [-0.1, -0.05) is 15.9 Å². The number of aliphatic hydroxyl groups excluding tert-OH is 1. The normalized spacial score (nSPS) is 10.2. The molecule has 0 saturated carbocycles. The fourth-order valence-electron chi connectivity index (χ4n) is 1.64. The Morgan fingerprint density at radius 1 is 1.50 bits per heavy atom. The Balaban J connectivity index is 2.71. The van der Waals surface area contributed by atoms with Crippen LogP contribution < -0.4 is 4.74 Å². The van der Waals surface area contributed by atoms with E-state index in [1.54, 1.807) is 19.1 Å². The van der Waals surface area contributed by atoms with E-state index < -0.39 is 0 Å². The Kier molecular flexibility index (Phi) is 6.15. The molecule has 5 heteroatoms. The van der Waals surface area contributed by atoms with Gasteiger partial charge in [-0.15, -0.1) is 0 Å². The average molecular weight is 316 g/mol. The fraction of sp³-hybridized carbons (Fsp3) is 0.462. The first-order chi connectivity index (χ1) is 8.58. The molecule has 0 unspecified atom stereocenters. The highest BCUT2D eigenvalue weighted by molar-refractivity contribution is 9.10. The second kappa shape index (κ2) is 7.38. The first kappa shape index (κ1) is 15.0. The van der Waals surface area contributed by atoms with Gasteiger partial charge in [-0.05, 0) is 24.6 Å². The molecule has 4 nitrogen and oxygen atoms in total. The average Bonchev–Trinajstić information content (AvgIpc) is 2.36. The van der Waals surface area contributed by atoms with Crippen LogP contribution in [-0.4, -0.2) is 36.7 Å². The molecule has 0 heterocycles. The number of rotatable bonds is 6. The van der Waals surface area contributed by atoms with Crippen molar-refractivity contribution in [2.24, 2.45) is 0 Å². The van der Waals surface area contributed by atoms with Crippen LogP contribution in [-0.2, 0) is 11.3 Å². The van der Waals surface area contributed by atoms with Crippen LogP contribution in [0.5, 0.6) is 5.75 Å². The third-order valence-electron chi connectivity index (χ3n) is 2.62. The number of amides is 1. The van der Waals surface area contributed by atoms with Crippen LogP contribution in [0.25, 0.3) is 0 Å². The molecule has 1 amide bonds. The summed E-state index contributed by atoms with van der Waals surface area (Å²) in [5.41, 5.74) is 0.951. The number of benzene rings is 1. The Bertz CT molecular complexity index is 409. The molecular weight excluding hydrogens is 298 g/mol. The lowest BCUT2D eigenvalue weighted by atomic mass is 10.2. The molecule has 1 N–H and O–H groups in total. The van der Waals surface area contributed by atoms with E-state index in [4.69, 9.17) is 9.84 Å². The summed E-state index contributed by atoms with van der Waals surface area (Å²) in [4.78, 5) is 13.4. The molecule has 0 spiro atoms. The van der Waals surface area contributed by atoms with E-state index >= 15 is 0 Å². The monoisotopic (exact) mass is 315 g/mol. The predicted octanol–water partition coefficient (Wildman–Crippen LogP) is 2.19. The Hall–Kier alpha value is -1.07. The predicted molar refractivity (Wildman–Crippen MR) is 73.5 cm³/mol. The van der Waals surface area contributed by atoms with Crippen LogP contribution in [0.1, 0.15) is 18.4 Å². The van der Waals surface area contributed by atoms with Crippen molar-refractivity contribution in [3.8, 4) is 5.75 Å². The van der Waals surface area contributed by atoms with Gasteiger partial charge in [0, 0.05) is 36.7 Å². The molecular formula is C13H18BrNO3. The van der Waals surface area contributed by atoms with Gasteiger partial charge < -0.3 is 14.7 Å². The van der Waals surface area contributed by atoms with Gasteiger partial charge >= 0.3 is 0 Å². The molecule has 18 heavy (non-hydrogen) atoms. The summed E-state index contributed by atoms with van der Waals surface area (Å²) in [6, 6.07) is 5.70. The number of nitrogens with zero attached hydrogens (tertiary/aromatic N) is 1. The van der Waals surface area contributed by atoms with E-state index in [-0.39, 0.29) is 12.5 Å². The summed E-state index contributed by atoms with van der Waals surface area (Å²) in [6.07, 6.45) is 0.863. The van der Waals surface area contributed by atoms with Crippen molar-refractivity contribution >= 4 is 21.8 Å². The van der Waals surface area contributed by atoms with Gasteiger partial charge in [-0.25, -0.2) is 0 Å². The van der Waals surface area contributed by atoms with E-state index in [0.29, 0.717) is 19.4 Å². The molecule has 0 aliphatic carbocycles. The van der Waals surface area contributed by atoms with E-state index in [1.807, 2.05) is 18.2 Å². The van der Waals surface area contributed by atoms with Gasteiger partial charge in [-0.2, -0.15) is 0 Å². The lowest BCUT2D eigenvalue weighted by molar-refractivity contribution is -0.130. The molecule has 0 bridgehead atoms. The lowest BCUT2D eigenvalue weighted by Gasteiger charge is -2.19. The first-order valence-electron chi connectivity index (χ1n) is 5.75. The number of aliphatic hydroxyl groups is 1. The maximum atomic E-state index is 11.8. The van der Waals surface area contributed by atoms with E-state index in [0.717, 1.165) is 15.8 Å². The summed E-state index contributed by atoms with van der Waals surface area (Å²) >= 11 is 3.40. The second-order valence-corrected chi connectivity index (χ2v) is 4.95. The minimum Gasteiger partial charge on any atom is -0.496 e. The van der Waals surface area contributed by atoms with Gasteiger partial charge in [0.1, 0.15) is 5.75 Å². The lowest BCUT2D eigenvalue weighted by Crippen LogP contribution is -2.26. The van der Waals surface area contributed by atoms with Gasteiger partial charge in [0.25, 0.3) is 0 Å². The number of hydrogen-bond acceptors (Lipinski definition) is 3. The van der Waals surface area contributed by atoms with Crippen molar-refractivity contribution in [3.05, 3.63) is 28.2 Å². The van der Waals surface area contributed by atoms with E-state index in [2.05, 4.69) is 15.9 Å². The topological polar surface area (TPSA) is 49.8 Å². The molecule has 0 aliphatic heterocycles. The van der Waals surface area contributed by atoms with E-state index in [1.165, 1.54) is 0 Å². The zero-order valence-corrected chi connectivity index (χ0v) is 12.2. The highest BCUT2D eigenvalue weighted by Crippen LogP contribution is 2.24. The molecule has 100 valence electrons. The molecule has 1 aromatic carbocycles. The zero-order chi connectivity index (χ0) is 13.5. The summed E-state index contributed by atoms with van der Waals surface area (Å²) in [5, 5.41) is 8.71. The maximum Gasteiger partial charge on any atom is 0.222 e. The molecule has 0 aromatic heterocycles. The number of ether oxygens (including phenoxy) is 1. The number of methoxy groups -OCH3 is 1. The summed E-state index contributed by atoms with van der Waals surface area (Å²) in [5.74, 6) is 0.783. The third-order valence-corrected chi connectivity index (χ3v) is 3.12. The number of halogens is 1. The fourth-order valence-corrected chi connectivity index (χ4v) is 2.04. The van der Waals surface area contributed by atoms with Gasteiger partial charge in [0.05, 0.1) is 7.11 Å². The van der Waals surface area contributed by atoms with Crippen LogP contribution in [0.4, 0.5) is 0 Å². The Morgan fingerprint density at radius 3 is 2.83 bits per heavy atom. The van der Waals surface area contributed by atoms with Crippen molar-refractivity contribution in [2.45, 2.75) is 19.4 Å². The summed E-state index contributed by atoms with van der Waals surface area (Å²) in [6.45, 7) is 0.534. The second-order valence-electron chi connectivity index (χ2n) is 4.03. The molecule has 1 rings (SSSR count). The minimum absolute atomic E-state index is 0.0195. The smallest absolute Gasteiger partial charge is 0.222 e. The van der Waals surface area contributed by atoms with Crippen molar-refractivity contribution < 1.29 is 14.6 Å². The largest absolute Gasteiger partial charge is 0.496 e. The van der Waals surface area contributed by atoms with Crippen LogP contribution in [0.2, 0.25) is 0 Å². The minimum atomic E-state index is 0.0195. The van der Waals surface area contributed by atoms with Gasteiger partial charge in [0.15, 0.2) is 0 Å². The molecule has 0 atom stereocenters. The van der Waals surface area contributed by atoms with E-state index in [9.17, 15) is 4.79 Å². The molecule has 0 aliphatic rings. The molecule has 0 fully saturated rings. The SMILES string of the molecule is COc1ccc(Br)cc1CN(C)C(=O)CCCO. The molecule has 0 radical (unpaired) electrons. The number of carbonyl (C=O) groups is 1. The van der Waals surface area contributed by atoms with Crippen LogP contribution in [0.15, 0.2) is 22.7 Å². The van der Waals surface area contributed by atoms with Crippen molar-refractivity contribution in [1.82, 2.24) is 4.90 Å². The summed E-state index contributed by atoms with van der Waals surface area (Å²) < 4.78 is 6.22. The Labute approximate surface area is 116 Å². The third kappa shape index (κ3) is 4.31. The van der Waals surface area contributed by atoms with Gasteiger partial charge in [-0.3, -0.25) is 4.79 Å².